The van der Waals surface area contributed by atoms with Gasteiger partial charge in [0.05, 0.1) is 0 Å². The van der Waals surface area contributed by atoms with Gasteiger partial charge >= 0.3 is 0 Å². The van der Waals surface area contributed by atoms with Gasteiger partial charge in [0.15, 0.2) is 0 Å². The molecule has 2 aromatic heterocycles. The molecule has 13 aromatic rings. The molecule has 0 saturated heterocycles. The summed E-state index contributed by atoms with van der Waals surface area (Å²) in [5.41, 5.74) is 28.9. The van der Waals surface area contributed by atoms with Crippen molar-refractivity contribution in [1.82, 2.24) is 0 Å². The third kappa shape index (κ3) is 11.9. The molecule has 3 aliphatic carbocycles. The van der Waals surface area contributed by atoms with Crippen molar-refractivity contribution in [2.45, 2.75) is 225 Å². The van der Waals surface area contributed by atoms with E-state index in [-0.39, 0.29) is 16.2 Å². The van der Waals surface area contributed by atoms with Crippen molar-refractivity contribution < 1.29 is 8.83 Å². The van der Waals surface area contributed by atoms with Gasteiger partial charge in [0.2, 0.25) is 0 Å². The minimum absolute atomic E-state index is 0.107. The first-order valence-electron chi connectivity index (χ1n) is 40.1. The number of hydrogen-bond donors (Lipinski definition) is 0. The normalized spacial score (nSPS) is 15.2. The van der Waals surface area contributed by atoms with Crippen LogP contribution in [0.15, 0.2) is 221 Å². The average molecular weight is 1340 g/mol. The summed E-state index contributed by atoms with van der Waals surface area (Å²) in [5.74, 6) is 0. The second-order valence-corrected chi connectivity index (χ2v) is 31.4. The zero-order chi connectivity index (χ0) is 69.4. The molecular weight excluding hydrogens is 1240 g/mol. The van der Waals surface area contributed by atoms with Gasteiger partial charge in [-0.3, -0.25) is 0 Å². The van der Waals surface area contributed by atoms with Gasteiger partial charge in [-0.25, -0.2) is 0 Å². The minimum atomic E-state index is -0.360. The Morgan fingerprint density at radius 2 is 0.755 bits per heavy atom. The van der Waals surface area contributed by atoms with Crippen molar-refractivity contribution in [3.8, 4) is 55.6 Å². The Labute approximate surface area is 607 Å². The molecule has 2 heterocycles. The van der Waals surface area contributed by atoms with Crippen LogP contribution in [0, 0.1) is 0 Å². The first-order valence-corrected chi connectivity index (χ1v) is 40.1. The molecule has 0 saturated carbocycles. The lowest BCUT2D eigenvalue weighted by Gasteiger charge is -2.35. The molecule has 16 rings (SSSR count). The zero-order valence-corrected chi connectivity index (χ0v) is 61.9. The van der Waals surface area contributed by atoms with E-state index in [1.54, 1.807) is 16.7 Å². The summed E-state index contributed by atoms with van der Waals surface area (Å²) in [6.45, 7) is 14.4. The second kappa shape index (κ2) is 29.1. The molecule has 0 N–H and O–H groups in total. The first-order chi connectivity index (χ1) is 50.2. The maximum Gasteiger partial charge on any atom is 0.143 e. The molecular formula is C99H105NO2. The molecule has 0 radical (unpaired) electrons. The number of nitrogens with zero attached hydrogens (tertiary/aromatic N) is 1. The quantitative estimate of drug-likeness (QED) is 0.0406. The minimum Gasteiger partial charge on any atom is -0.456 e. The maximum atomic E-state index is 7.11. The lowest BCUT2D eigenvalue weighted by Crippen LogP contribution is -2.27. The van der Waals surface area contributed by atoms with Gasteiger partial charge in [-0.05, 0) is 193 Å². The number of unbranched alkanes of at least 4 members (excludes halogenated alkanes) is 18. The third-order valence-electron chi connectivity index (χ3n) is 24.7. The van der Waals surface area contributed by atoms with Crippen LogP contribution >= 0.6 is 0 Å². The predicted molar refractivity (Wildman–Crippen MR) is 437 cm³/mol. The standard InChI is InChI=1S/C99H105NO2/c1-7-11-15-19-22-35-59-98(58-34-18-14-10-4)83-56-57-91-94(78-47-30-32-50-89(78)101-91)93(83)82-67-86-80(65-87(82)98)76-54-52-73(64-85(76)99(86,60-36-23-20-16-12-8-2)61-37-24-21-17-13-9-3)100(71-45-38-44-70(62-71)68-40-26-25-27-41-68)72-53-55-77-84(63-72)97(5,6)88-66-81(75-49-39-43-69-42-28-29-46-74(69)75)96-95(92(77)88)79-48-31-33-51-90(79)102-96/h25-33,38-57,62-67H,7-24,34-37,58-61H2,1-6H3. The van der Waals surface area contributed by atoms with Crippen LogP contribution in [0.2, 0.25) is 0 Å². The van der Waals surface area contributed by atoms with Crippen LogP contribution in [-0.4, -0.2) is 0 Å². The van der Waals surface area contributed by atoms with E-state index in [0.29, 0.717) is 0 Å². The van der Waals surface area contributed by atoms with Gasteiger partial charge in [-0.1, -0.05) is 322 Å². The molecule has 0 aliphatic heterocycles. The number of furan rings is 2. The Balaban J connectivity index is 0.910. The fraction of sp³-hybridized carbons (Fsp3) is 0.354. The molecule has 102 heavy (non-hydrogen) atoms. The van der Waals surface area contributed by atoms with Crippen molar-refractivity contribution >= 4 is 71.7 Å². The van der Waals surface area contributed by atoms with Crippen LogP contribution in [0.25, 0.3) is 110 Å². The molecule has 1 unspecified atom stereocenters. The molecule has 1 atom stereocenters. The summed E-state index contributed by atoms with van der Waals surface area (Å²) in [6.07, 6.45) is 32.6. The van der Waals surface area contributed by atoms with E-state index in [9.17, 15) is 0 Å². The zero-order valence-electron chi connectivity index (χ0n) is 61.9. The summed E-state index contributed by atoms with van der Waals surface area (Å²) < 4.78 is 14.0. The Kier molecular flexibility index (Phi) is 19.3. The van der Waals surface area contributed by atoms with Crippen molar-refractivity contribution in [3.63, 3.8) is 0 Å². The Hall–Kier alpha value is -8.92. The third-order valence-corrected chi connectivity index (χ3v) is 24.7. The van der Waals surface area contributed by atoms with Gasteiger partial charge in [-0.15, -0.1) is 0 Å². The summed E-state index contributed by atoms with van der Waals surface area (Å²) in [7, 11) is 0. The fourth-order valence-electron chi connectivity index (χ4n) is 19.5. The van der Waals surface area contributed by atoms with Crippen molar-refractivity contribution in [3.05, 3.63) is 246 Å². The van der Waals surface area contributed by atoms with Gasteiger partial charge in [0.1, 0.15) is 22.3 Å². The molecule has 0 fully saturated rings. The van der Waals surface area contributed by atoms with E-state index in [1.807, 2.05) is 0 Å². The van der Waals surface area contributed by atoms with Crippen LogP contribution in [0.1, 0.15) is 242 Å². The summed E-state index contributed by atoms with van der Waals surface area (Å²) in [6, 6.07) is 82.1. The molecule has 0 spiro atoms. The van der Waals surface area contributed by atoms with Gasteiger partial charge in [0, 0.05) is 60.4 Å². The Bertz CT molecular complexity index is 5170. The van der Waals surface area contributed by atoms with E-state index in [0.717, 1.165) is 51.8 Å². The number of rotatable bonds is 31. The molecule has 3 nitrogen and oxygen atoms in total. The van der Waals surface area contributed by atoms with Crippen LogP contribution in [0.4, 0.5) is 17.1 Å². The highest BCUT2D eigenvalue weighted by atomic mass is 16.3. The number of anilines is 3. The lowest BCUT2D eigenvalue weighted by molar-refractivity contribution is 0.395. The number of fused-ring (bicyclic) bond motifs is 18. The first kappa shape index (κ1) is 67.6. The van der Waals surface area contributed by atoms with Crippen LogP contribution < -0.4 is 4.90 Å². The molecule has 0 amide bonds. The Morgan fingerprint density at radius 1 is 0.284 bits per heavy atom. The molecule has 3 aliphatic rings. The molecule has 11 aromatic carbocycles. The van der Waals surface area contributed by atoms with E-state index in [4.69, 9.17) is 8.83 Å². The van der Waals surface area contributed by atoms with Crippen LogP contribution in [-0.2, 0) is 16.2 Å². The van der Waals surface area contributed by atoms with Crippen molar-refractivity contribution in [1.29, 1.82) is 0 Å². The Morgan fingerprint density at radius 3 is 1.42 bits per heavy atom. The highest BCUT2D eigenvalue weighted by molar-refractivity contribution is 6.20. The van der Waals surface area contributed by atoms with Crippen LogP contribution in [0.5, 0.6) is 0 Å². The summed E-state index contributed by atoms with van der Waals surface area (Å²) >= 11 is 0. The van der Waals surface area contributed by atoms with E-state index in [1.165, 1.54) is 259 Å². The topological polar surface area (TPSA) is 29.5 Å². The maximum absolute atomic E-state index is 7.11. The largest absolute Gasteiger partial charge is 0.456 e. The monoisotopic (exact) mass is 1340 g/mol. The van der Waals surface area contributed by atoms with Gasteiger partial charge in [-0.2, -0.15) is 0 Å². The fourth-order valence-corrected chi connectivity index (χ4v) is 19.5. The van der Waals surface area contributed by atoms with Gasteiger partial charge in [0.25, 0.3) is 0 Å². The lowest BCUT2D eigenvalue weighted by atomic mass is 9.68. The SMILES string of the molecule is CCCCCCCCC1(CCCCCCCC)c2cc(N(c3cccc(-c4ccccc4)c3)c3ccc4c(c3)C(C)(C)c3cc(-c5cccc6ccccc56)c5oc6ccccc6c5c3-4)ccc2-c2cc3c(cc21)-c1c(ccc2oc4ccccc4c12)C3(CCCCCC)CCCCCCCC. The number of benzene rings is 11. The van der Waals surface area contributed by atoms with Crippen molar-refractivity contribution in [2.24, 2.45) is 0 Å². The smallest absolute Gasteiger partial charge is 0.143 e. The van der Waals surface area contributed by atoms with E-state index in [2.05, 4.69) is 259 Å². The molecule has 3 heteroatoms. The van der Waals surface area contributed by atoms with Crippen LogP contribution in [0.3, 0.4) is 0 Å². The highest BCUT2D eigenvalue weighted by Gasteiger charge is 2.49. The second-order valence-electron chi connectivity index (χ2n) is 31.4. The van der Waals surface area contributed by atoms with E-state index < -0.39 is 0 Å². The average Bonchev–Trinajstić information content (AvgIpc) is 1.53. The summed E-state index contributed by atoms with van der Waals surface area (Å²) in [4.78, 5) is 2.64. The van der Waals surface area contributed by atoms with E-state index >= 15 is 0 Å². The molecule has 0 bridgehead atoms. The predicted octanol–water partition coefficient (Wildman–Crippen LogP) is 30.5. The summed E-state index contributed by atoms with van der Waals surface area (Å²) in [5, 5.41) is 7.40. The molecule has 518 valence electrons. The highest BCUT2D eigenvalue weighted by Crippen LogP contribution is 2.64. The van der Waals surface area contributed by atoms with Crippen molar-refractivity contribution in [2.75, 3.05) is 4.90 Å². The number of hydrogen-bond acceptors (Lipinski definition) is 3. The number of para-hydroxylation sites is 2. The van der Waals surface area contributed by atoms with Gasteiger partial charge < -0.3 is 13.7 Å².